The Bertz CT molecular complexity index is 923. The number of ether oxygens (including phenoxy) is 1. The fraction of sp³-hybridized carbons (Fsp3) is 0.111. The molecular formula is C18H10N2O4. The van der Waals surface area contributed by atoms with Gasteiger partial charge >= 0.3 is 5.97 Å². The van der Waals surface area contributed by atoms with Gasteiger partial charge in [0.05, 0.1) is 23.2 Å². The van der Waals surface area contributed by atoms with Crippen molar-refractivity contribution in [1.29, 1.82) is 5.26 Å². The molecule has 0 aliphatic carbocycles. The lowest BCUT2D eigenvalue weighted by Crippen LogP contribution is -2.29. The Kier molecular flexibility index (Phi) is 2.97. The number of imide groups is 1. The van der Waals surface area contributed by atoms with Gasteiger partial charge in [0.1, 0.15) is 6.07 Å². The summed E-state index contributed by atoms with van der Waals surface area (Å²) < 4.78 is 4.95. The van der Waals surface area contributed by atoms with Gasteiger partial charge in [-0.05, 0) is 23.8 Å². The van der Waals surface area contributed by atoms with Crippen molar-refractivity contribution in [3.63, 3.8) is 0 Å². The Labute approximate surface area is 136 Å². The van der Waals surface area contributed by atoms with Crippen molar-refractivity contribution >= 4 is 17.8 Å². The van der Waals surface area contributed by atoms with E-state index in [2.05, 4.69) is 0 Å². The summed E-state index contributed by atoms with van der Waals surface area (Å²) in [4.78, 5) is 37.7. The highest BCUT2D eigenvalue weighted by Crippen LogP contribution is 2.31. The number of cyclic esters (lactones) is 1. The maximum Gasteiger partial charge on any atom is 0.340 e. The predicted octanol–water partition coefficient (Wildman–Crippen LogP) is 2.22. The van der Waals surface area contributed by atoms with E-state index >= 15 is 0 Å². The molecule has 2 aromatic rings. The van der Waals surface area contributed by atoms with Gasteiger partial charge in [-0.2, -0.15) is 5.26 Å². The average Bonchev–Trinajstić information content (AvgIpc) is 3.05. The van der Waals surface area contributed by atoms with Crippen molar-refractivity contribution in [2.45, 2.75) is 12.6 Å². The van der Waals surface area contributed by atoms with Crippen LogP contribution in [0.4, 0.5) is 0 Å². The minimum atomic E-state index is -0.902. The first-order valence-electron chi connectivity index (χ1n) is 7.29. The third-order valence-electron chi connectivity index (χ3n) is 4.18. The van der Waals surface area contributed by atoms with Gasteiger partial charge < -0.3 is 4.74 Å². The van der Waals surface area contributed by atoms with E-state index in [9.17, 15) is 14.4 Å². The van der Waals surface area contributed by atoms with E-state index in [1.165, 1.54) is 0 Å². The fourth-order valence-corrected chi connectivity index (χ4v) is 3.00. The van der Waals surface area contributed by atoms with Crippen LogP contribution in [0, 0.1) is 11.3 Å². The number of rotatable bonds is 2. The molecule has 0 radical (unpaired) electrons. The Morgan fingerprint density at radius 3 is 2.29 bits per heavy atom. The molecule has 2 aliphatic rings. The Morgan fingerprint density at radius 1 is 1.00 bits per heavy atom. The zero-order chi connectivity index (χ0) is 16.8. The van der Waals surface area contributed by atoms with E-state index in [0.29, 0.717) is 27.8 Å². The SMILES string of the molecule is N#CC1OC(=O)c2cc(CN3C(=O)c4ccccc4C3=O)ccc21. The number of nitriles is 1. The Morgan fingerprint density at radius 2 is 1.67 bits per heavy atom. The second kappa shape index (κ2) is 5.03. The van der Waals surface area contributed by atoms with Crippen molar-refractivity contribution in [1.82, 2.24) is 4.90 Å². The summed E-state index contributed by atoms with van der Waals surface area (Å²) in [6, 6.07) is 13.4. The molecule has 0 aromatic heterocycles. The monoisotopic (exact) mass is 318 g/mol. The van der Waals surface area contributed by atoms with E-state index in [0.717, 1.165) is 4.90 Å². The van der Waals surface area contributed by atoms with Crippen molar-refractivity contribution in [2.75, 3.05) is 0 Å². The third kappa shape index (κ3) is 1.92. The molecule has 24 heavy (non-hydrogen) atoms. The minimum absolute atomic E-state index is 0.0596. The number of amides is 2. The molecule has 2 heterocycles. The number of fused-ring (bicyclic) bond motifs is 2. The summed E-state index contributed by atoms with van der Waals surface area (Å²) in [6.45, 7) is 0.0596. The van der Waals surface area contributed by atoms with Gasteiger partial charge in [-0.15, -0.1) is 0 Å². The summed E-state index contributed by atoms with van der Waals surface area (Å²) in [5.41, 5.74) is 2.20. The zero-order valence-electron chi connectivity index (χ0n) is 12.4. The molecule has 4 rings (SSSR count). The lowest BCUT2D eigenvalue weighted by atomic mass is 10.0. The second-order valence-electron chi connectivity index (χ2n) is 5.58. The second-order valence-corrected chi connectivity index (χ2v) is 5.58. The number of hydrogen-bond acceptors (Lipinski definition) is 5. The molecule has 1 unspecified atom stereocenters. The highest BCUT2D eigenvalue weighted by atomic mass is 16.5. The van der Waals surface area contributed by atoms with Crippen LogP contribution in [0.1, 0.15) is 48.3 Å². The molecule has 0 fully saturated rings. The molecule has 0 bridgehead atoms. The molecule has 2 aromatic carbocycles. The summed E-state index contributed by atoms with van der Waals surface area (Å²) in [7, 11) is 0. The maximum absolute atomic E-state index is 12.4. The molecule has 2 aliphatic heterocycles. The maximum atomic E-state index is 12.4. The van der Waals surface area contributed by atoms with Gasteiger partial charge in [-0.3, -0.25) is 14.5 Å². The van der Waals surface area contributed by atoms with Crippen LogP contribution in [0.25, 0.3) is 0 Å². The number of carbonyl (C=O) groups excluding carboxylic acids is 3. The van der Waals surface area contributed by atoms with Crippen LogP contribution in [-0.2, 0) is 11.3 Å². The number of carbonyl (C=O) groups is 3. The van der Waals surface area contributed by atoms with Crippen molar-refractivity contribution in [3.05, 3.63) is 70.3 Å². The van der Waals surface area contributed by atoms with E-state index in [1.54, 1.807) is 42.5 Å². The van der Waals surface area contributed by atoms with Crippen molar-refractivity contribution < 1.29 is 19.1 Å². The molecule has 2 amide bonds. The molecule has 6 heteroatoms. The van der Waals surface area contributed by atoms with E-state index in [4.69, 9.17) is 10.00 Å². The van der Waals surface area contributed by atoms with Gasteiger partial charge in [0.2, 0.25) is 6.10 Å². The van der Waals surface area contributed by atoms with Crippen LogP contribution < -0.4 is 0 Å². The van der Waals surface area contributed by atoms with Crippen LogP contribution in [0.3, 0.4) is 0 Å². The summed E-state index contributed by atoms with van der Waals surface area (Å²) in [5, 5.41) is 8.97. The van der Waals surface area contributed by atoms with Crippen LogP contribution in [0.5, 0.6) is 0 Å². The summed E-state index contributed by atoms with van der Waals surface area (Å²) in [6.07, 6.45) is -0.902. The summed E-state index contributed by atoms with van der Waals surface area (Å²) in [5.74, 6) is -1.28. The van der Waals surface area contributed by atoms with E-state index in [-0.39, 0.29) is 18.4 Å². The van der Waals surface area contributed by atoms with Gasteiger partial charge in [0.15, 0.2) is 0 Å². The normalized spacial score (nSPS) is 18.2. The number of hydrogen-bond donors (Lipinski definition) is 0. The molecule has 0 saturated carbocycles. The molecule has 0 spiro atoms. The topological polar surface area (TPSA) is 87.5 Å². The first kappa shape index (κ1) is 14.2. The predicted molar refractivity (Wildman–Crippen MR) is 80.9 cm³/mol. The van der Waals surface area contributed by atoms with Crippen LogP contribution in [0.2, 0.25) is 0 Å². The van der Waals surface area contributed by atoms with Gasteiger partial charge in [0.25, 0.3) is 11.8 Å². The first-order valence-corrected chi connectivity index (χ1v) is 7.29. The fourth-order valence-electron chi connectivity index (χ4n) is 3.00. The molecule has 0 saturated heterocycles. The largest absolute Gasteiger partial charge is 0.438 e. The minimum Gasteiger partial charge on any atom is -0.438 e. The molecular weight excluding hydrogens is 308 g/mol. The summed E-state index contributed by atoms with van der Waals surface area (Å²) >= 11 is 0. The third-order valence-corrected chi connectivity index (χ3v) is 4.18. The van der Waals surface area contributed by atoms with Gasteiger partial charge in [0, 0.05) is 5.56 Å². The highest BCUT2D eigenvalue weighted by molar-refractivity contribution is 6.21. The van der Waals surface area contributed by atoms with E-state index in [1.807, 2.05) is 6.07 Å². The Hall–Kier alpha value is -3.46. The molecule has 116 valence electrons. The van der Waals surface area contributed by atoms with Crippen LogP contribution in [-0.4, -0.2) is 22.7 Å². The standard InChI is InChI=1S/C18H10N2O4/c19-8-15-11-6-5-10(7-14(11)18(23)24-15)9-20-16(21)12-3-1-2-4-13(12)17(20)22/h1-7,15H,9H2. The molecule has 1 atom stereocenters. The van der Waals surface area contributed by atoms with Crippen molar-refractivity contribution in [3.8, 4) is 6.07 Å². The van der Waals surface area contributed by atoms with Crippen LogP contribution in [0.15, 0.2) is 42.5 Å². The van der Waals surface area contributed by atoms with Crippen molar-refractivity contribution in [2.24, 2.45) is 0 Å². The molecule has 0 N–H and O–H groups in total. The number of benzene rings is 2. The number of nitrogens with zero attached hydrogens (tertiary/aromatic N) is 2. The van der Waals surface area contributed by atoms with Gasteiger partial charge in [-0.1, -0.05) is 24.3 Å². The average molecular weight is 318 g/mol. The van der Waals surface area contributed by atoms with Gasteiger partial charge in [-0.25, -0.2) is 4.79 Å². The number of esters is 1. The molecule has 6 nitrogen and oxygen atoms in total. The zero-order valence-corrected chi connectivity index (χ0v) is 12.4. The smallest absolute Gasteiger partial charge is 0.340 e. The first-order chi connectivity index (χ1) is 11.6. The quantitative estimate of drug-likeness (QED) is 0.626. The highest BCUT2D eigenvalue weighted by Gasteiger charge is 2.36. The lowest BCUT2D eigenvalue weighted by Gasteiger charge is -2.14. The van der Waals surface area contributed by atoms with E-state index < -0.39 is 12.1 Å². The van der Waals surface area contributed by atoms with Crippen LogP contribution >= 0.6 is 0 Å². The lowest BCUT2D eigenvalue weighted by molar-refractivity contribution is 0.0477. The Balaban J connectivity index is 1.65.